The van der Waals surface area contributed by atoms with Crippen LogP contribution in [-0.2, 0) is 16.0 Å². The van der Waals surface area contributed by atoms with Gasteiger partial charge in [0.1, 0.15) is 0 Å². The molecule has 1 aromatic heterocycles. The molecule has 1 aliphatic rings. The molecule has 0 aliphatic carbocycles. The standard InChI is InChI=1S/C16H19N3O3/c1-12-3-2-4-13(11-12)16-18-17-14(22-16)5-6-15(20)19-7-9-21-10-8-19/h2-4,11H,5-10H2,1H3. The van der Waals surface area contributed by atoms with E-state index < -0.39 is 0 Å². The van der Waals surface area contributed by atoms with Crippen molar-refractivity contribution in [3.05, 3.63) is 35.7 Å². The van der Waals surface area contributed by atoms with Crippen molar-refractivity contribution in [2.75, 3.05) is 26.3 Å². The molecule has 3 rings (SSSR count). The molecule has 2 heterocycles. The minimum atomic E-state index is 0.110. The van der Waals surface area contributed by atoms with Crippen molar-refractivity contribution >= 4 is 5.91 Å². The van der Waals surface area contributed by atoms with Crippen LogP contribution in [0.4, 0.5) is 0 Å². The predicted molar refractivity (Wildman–Crippen MR) is 80.2 cm³/mol. The van der Waals surface area contributed by atoms with E-state index in [-0.39, 0.29) is 5.91 Å². The Labute approximate surface area is 129 Å². The number of morpholine rings is 1. The average molecular weight is 301 g/mol. The minimum absolute atomic E-state index is 0.110. The normalized spacial score (nSPS) is 15.0. The maximum absolute atomic E-state index is 12.1. The lowest BCUT2D eigenvalue weighted by molar-refractivity contribution is -0.135. The SMILES string of the molecule is Cc1cccc(-c2nnc(CCC(=O)N3CCOCC3)o2)c1. The summed E-state index contributed by atoms with van der Waals surface area (Å²) in [6.07, 6.45) is 0.852. The first-order valence-corrected chi connectivity index (χ1v) is 7.47. The van der Waals surface area contributed by atoms with Gasteiger partial charge in [-0.15, -0.1) is 10.2 Å². The van der Waals surface area contributed by atoms with E-state index in [1.807, 2.05) is 36.1 Å². The lowest BCUT2D eigenvalue weighted by Gasteiger charge is -2.26. The van der Waals surface area contributed by atoms with Crippen LogP contribution in [0.2, 0.25) is 0 Å². The lowest BCUT2D eigenvalue weighted by Crippen LogP contribution is -2.40. The molecule has 0 spiro atoms. The molecule has 1 saturated heterocycles. The Morgan fingerprint density at radius 2 is 2.09 bits per heavy atom. The number of hydrogen-bond acceptors (Lipinski definition) is 5. The van der Waals surface area contributed by atoms with Crippen molar-refractivity contribution in [1.29, 1.82) is 0 Å². The van der Waals surface area contributed by atoms with E-state index in [1.165, 1.54) is 0 Å². The lowest BCUT2D eigenvalue weighted by atomic mass is 10.1. The zero-order valence-electron chi connectivity index (χ0n) is 12.6. The number of rotatable bonds is 4. The average Bonchev–Trinajstić information content (AvgIpc) is 3.02. The summed E-state index contributed by atoms with van der Waals surface area (Å²) in [7, 11) is 0. The molecule has 6 nitrogen and oxygen atoms in total. The smallest absolute Gasteiger partial charge is 0.247 e. The minimum Gasteiger partial charge on any atom is -0.421 e. The summed E-state index contributed by atoms with van der Waals surface area (Å²) in [6.45, 7) is 4.57. The molecular weight excluding hydrogens is 282 g/mol. The largest absolute Gasteiger partial charge is 0.421 e. The highest BCUT2D eigenvalue weighted by molar-refractivity contribution is 5.76. The van der Waals surface area contributed by atoms with Gasteiger partial charge in [0.05, 0.1) is 13.2 Å². The predicted octanol–water partition coefficient (Wildman–Crippen LogP) is 1.84. The summed E-state index contributed by atoms with van der Waals surface area (Å²) in [6, 6.07) is 7.90. The van der Waals surface area contributed by atoms with Gasteiger partial charge in [-0.05, 0) is 19.1 Å². The number of amides is 1. The summed E-state index contributed by atoms with van der Waals surface area (Å²) in [4.78, 5) is 13.9. The number of ether oxygens (including phenoxy) is 1. The van der Waals surface area contributed by atoms with Gasteiger partial charge in [0.25, 0.3) is 0 Å². The van der Waals surface area contributed by atoms with Crippen LogP contribution in [0.5, 0.6) is 0 Å². The highest BCUT2D eigenvalue weighted by Crippen LogP contribution is 2.19. The molecule has 1 fully saturated rings. The molecule has 2 aromatic rings. The molecule has 0 N–H and O–H groups in total. The van der Waals surface area contributed by atoms with Gasteiger partial charge in [-0.3, -0.25) is 4.79 Å². The Morgan fingerprint density at radius 3 is 2.86 bits per heavy atom. The van der Waals surface area contributed by atoms with Gasteiger partial charge in [-0.2, -0.15) is 0 Å². The fourth-order valence-corrected chi connectivity index (χ4v) is 2.43. The van der Waals surface area contributed by atoms with Gasteiger partial charge in [-0.25, -0.2) is 0 Å². The van der Waals surface area contributed by atoms with Gasteiger partial charge < -0.3 is 14.1 Å². The third-order valence-electron chi connectivity index (χ3n) is 3.65. The summed E-state index contributed by atoms with van der Waals surface area (Å²) in [5.41, 5.74) is 2.04. The second-order valence-electron chi connectivity index (χ2n) is 5.36. The van der Waals surface area contributed by atoms with E-state index in [9.17, 15) is 4.79 Å². The number of aryl methyl sites for hydroxylation is 2. The molecule has 1 amide bonds. The van der Waals surface area contributed by atoms with Gasteiger partial charge in [0.15, 0.2) is 0 Å². The summed E-state index contributed by atoms with van der Waals surface area (Å²) in [5, 5.41) is 8.08. The molecular formula is C16H19N3O3. The molecule has 0 bridgehead atoms. The molecule has 0 radical (unpaired) electrons. The van der Waals surface area contributed by atoms with Crippen molar-refractivity contribution < 1.29 is 13.9 Å². The number of nitrogens with zero attached hydrogens (tertiary/aromatic N) is 3. The van der Waals surface area contributed by atoms with Crippen LogP contribution < -0.4 is 0 Å². The maximum atomic E-state index is 12.1. The van der Waals surface area contributed by atoms with Crippen molar-refractivity contribution in [2.24, 2.45) is 0 Å². The third-order valence-corrected chi connectivity index (χ3v) is 3.65. The van der Waals surface area contributed by atoms with Crippen LogP contribution in [0.3, 0.4) is 0 Å². The topological polar surface area (TPSA) is 68.5 Å². The summed E-state index contributed by atoms with van der Waals surface area (Å²) in [5.74, 6) is 1.11. The fraction of sp³-hybridized carbons (Fsp3) is 0.438. The third kappa shape index (κ3) is 3.51. The van der Waals surface area contributed by atoms with E-state index in [0.29, 0.717) is 50.9 Å². The molecule has 116 valence electrons. The van der Waals surface area contributed by atoms with Crippen LogP contribution in [-0.4, -0.2) is 47.3 Å². The zero-order valence-corrected chi connectivity index (χ0v) is 12.6. The van der Waals surface area contributed by atoms with Gasteiger partial charge in [-0.1, -0.05) is 17.7 Å². The number of carbonyl (C=O) groups excluding carboxylic acids is 1. The maximum Gasteiger partial charge on any atom is 0.247 e. The number of aromatic nitrogens is 2. The Bertz CT molecular complexity index is 648. The second-order valence-corrected chi connectivity index (χ2v) is 5.36. The van der Waals surface area contributed by atoms with Crippen molar-refractivity contribution in [3.63, 3.8) is 0 Å². The van der Waals surface area contributed by atoms with Crippen LogP contribution in [0.15, 0.2) is 28.7 Å². The molecule has 0 atom stereocenters. The van der Waals surface area contributed by atoms with Gasteiger partial charge in [0.2, 0.25) is 17.7 Å². The first-order chi connectivity index (χ1) is 10.7. The Balaban J connectivity index is 1.59. The highest BCUT2D eigenvalue weighted by Gasteiger charge is 2.18. The quantitative estimate of drug-likeness (QED) is 0.862. The Morgan fingerprint density at radius 1 is 1.27 bits per heavy atom. The number of hydrogen-bond donors (Lipinski definition) is 0. The van der Waals surface area contributed by atoms with E-state index in [2.05, 4.69) is 10.2 Å². The molecule has 0 unspecified atom stereocenters. The van der Waals surface area contributed by atoms with Crippen LogP contribution in [0.1, 0.15) is 17.9 Å². The molecule has 6 heteroatoms. The fourth-order valence-electron chi connectivity index (χ4n) is 2.43. The first-order valence-electron chi connectivity index (χ1n) is 7.47. The number of benzene rings is 1. The summed E-state index contributed by atoms with van der Waals surface area (Å²) >= 11 is 0. The van der Waals surface area contributed by atoms with Crippen LogP contribution in [0.25, 0.3) is 11.5 Å². The molecule has 1 aliphatic heterocycles. The molecule has 22 heavy (non-hydrogen) atoms. The van der Waals surface area contributed by atoms with Crippen LogP contribution in [0, 0.1) is 6.92 Å². The molecule has 0 saturated carbocycles. The van der Waals surface area contributed by atoms with Crippen molar-refractivity contribution in [2.45, 2.75) is 19.8 Å². The Kier molecular flexibility index (Phi) is 4.48. The van der Waals surface area contributed by atoms with Gasteiger partial charge >= 0.3 is 0 Å². The van der Waals surface area contributed by atoms with Crippen molar-refractivity contribution in [1.82, 2.24) is 15.1 Å². The van der Waals surface area contributed by atoms with E-state index in [0.717, 1.165) is 11.1 Å². The first kappa shape index (κ1) is 14.7. The second kappa shape index (κ2) is 6.70. The summed E-state index contributed by atoms with van der Waals surface area (Å²) < 4.78 is 10.9. The number of carbonyl (C=O) groups is 1. The Hall–Kier alpha value is -2.21. The van der Waals surface area contributed by atoms with E-state index in [4.69, 9.17) is 9.15 Å². The monoisotopic (exact) mass is 301 g/mol. The van der Waals surface area contributed by atoms with Gasteiger partial charge in [0, 0.05) is 31.5 Å². The zero-order chi connectivity index (χ0) is 15.4. The van der Waals surface area contributed by atoms with Crippen molar-refractivity contribution in [3.8, 4) is 11.5 Å². The highest BCUT2D eigenvalue weighted by atomic mass is 16.5. The molecule has 1 aromatic carbocycles. The van der Waals surface area contributed by atoms with Crippen LogP contribution >= 0.6 is 0 Å². The van der Waals surface area contributed by atoms with E-state index in [1.54, 1.807) is 0 Å². The van der Waals surface area contributed by atoms with E-state index >= 15 is 0 Å².